The molecular formula is C24H32N2O6. The molecular weight excluding hydrogens is 412 g/mol. The van der Waals surface area contributed by atoms with Crippen molar-refractivity contribution in [1.29, 1.82) is 0 Å². The molecule has 2 aromatic carbocycles. The number of phenolic OH excluding ortho intramolecular Hbond substituents is 2. The fraction of sp³-hybridized carbons (Fsp3) is 0.417. The summed E-state index contributed by atoms with van der Waals surface area (Å²) in [6.45, 7) is 5.29. The molecule has 0 atom stereocenters. The third kappa shape index (κ3) is 8.95. The molecule has 0 bridgehead atoms. The first-order valence-electron chi connectivity index (χ1n) is 10.6. The van der Waals surface area contributed by atoms with Crippen LogP contribution in [0.3, 0.4) is 0 Å². The Morgan fingerprint density at radius 3 is 1.75 bits per heavy atom. The van der Waals surface area contributed by atoms with E-state index in [4.69, 9.17) is 4.74 Å². The number of carboxylic acids is 1. The van der Waals surface area contributed by atoms with E-state index in [2.05, 4.69) is 0 Å². The van der Waals surface area contributed by atoms with E-state index in [-0.39, 0.29) is 43.0 Å². The van der Waals surface area contributed by atoms with Crippen LogP contribution in [-0.4, -0.2) is 69.8 Å². The number of nitrogens with zero attached hydrogens (tertiary/aromatic N) is 2. The van der Waals surface area contributed by atoms with Gasteiger partial charge in [-0.25, -0.2) is 0 Å². The molecule has 32 heavy (non-hydrogen) atoms. The molecule has 0 aliphatic carbocycles. The summed E-state index contributed by atoms with van der Waals surface area (Å²) in [5.41, 5.74) is 1.28. The van der Waals surface area contributed by atoms with Crippen molar-refractivity contribution in [2.24, 2.45) is 5.92 Å². The van der Waals surface area contributed by atoms with Gasteiger partial charge >= 0.3 is 11.9 Å². The van der Waals surface area contributed by atoms with Crippen LogP contribution in [0, 0.1) is 5.92 Å². The van der Waals surface area contributed by atoms with Gasteiger partial charge in [0.15, 0.2) is 0 Å². The molecule has 2 aromatic rings. The number of carbonyl (C=O) groups is 2. The Hall–Kier alpha value is -3.10. The van der Waals surface area contributed by atoms with Crippen LogP contribution in [0.1, 0.15) is 25.0 Å². The standard InChI is InChI=1S/C24H32N2O6/c1-18(2)17-32-24(31)16-26(14-20-8-4-6-10-22(20)28)12-11-25(15-23(29)30)13-19-7-3-5-9-21(19)27/h3-10,18,27-28H,11-17H2,1-2H3,(H,29,30). The number of carboxylic acid groups (broad SMARTS) is 1. The third-order valence-electron chi connectivity index (χ3n) is 4.79. The van der Waals surface area contributed by atoms with Gasteiger partial charge in [-0.15, -0.1) is 0 Å². The fourth-order valence-electron chi connectivity index (χ4n) is 3.16. The minimum atomic E-state index is -0.982. The maximum Gasteiger partial charge on any atom is 0.320 e. The Kier molecular flexibility index (Phi) is 9.97. The summed E-state index contributed by atoms with van der Waals surface area (Å²) in [5, 5.41) is 29.5. The van der Waals surface area contributed by atoms with Crippen LogP contribution >= 0.6 is 0 Å². The van der Waals surface area contributed by atoms with Crippen LogP contribution in [0.4, 0.5) is 0 Å². The number of para-hydroxylation sites is 2. The SMILES string of the molecule is CC(C)COC(=O)CN(CCN(CC(=O)O)Cc1ccccc1O)Cc1ccccc1O. The van der Waals surface area contributed by atoms with Gasteiger partial charge in [0.2, 0.25) is 0 Å². The van der Waals surface area contributed by atoms with Crippen molar-refractivity contribution in [1.82, 2.24) is 9.80 Å². The number of rotatable bonds is 13. The summed E-state index contributed by atoms with van der Waals surface area (Å²) < 4.78 is 5.30. The summed E-state index contributed by atoms with van der Waals surface area (Å²) in [5.74, 6) is -0.908. The molecule has 0 aliphatic heterocycles. The monoisotopic (exact) mass is 444 g/mol. The van der Waals surface area contributed by atoms with E-state index in [1.807, 2.05) is 18.7 Å². The van der Waals surface area contributed by atoms with Crippen molar-refractivity contribution in [2.75, 3.05) is 32.8 Å². The second-order valence-corrected chi connectivity index (χ2v) is 8.15. The number of carbonyl (C=O) groups excluding carboxylic acids is 1. The van der Waals surface area contributed by atoms with Gasteiger partial charge in [-0.05, 0) is 18.1 Å². The number of hydrogen-bond donors (Lipinski definition) is 3. The quantitative estimate of drug-likeness (QED) is 0.405. The van der Waals surface area contributed by atoms with Crippen LogP contribution in [0.2, 0.25) is 0 Å². The van der Waals surface area contributed by atoms with Crippen molar-refractivity contribution in [3.8, 4) is 11.5 Å². The van der Waals surface area contributed by atoms with Crippen LogP contribution in [-0.2, 0) is 27.4 Å². The van der Waals surface area contributed by atoms with E-state index in [1.54, 1.807) is 53.4 Å². The van der Waals surface area contributed by atoms with Gasteiger partial charge in [-0.2, -0.15) is 0 Å². The number of ether oxygens (including phenoxy) is 1. The zero-order valence-electron chi connectivity index (χ0n) is 18.6. The fourth-order valence-corrected chi connectivity index (χ4v) is 3.16. The lowest BCUT2D eigenvalue weighted by molar-refractivity contribution is -0.146. The van der Waals surface area contributed by atoms with Gasteiger partial charge in [0, 0.05) is 37.3 Å². The highest BCUT2D eigenvalue weighted by Gasteiger charge is 2.18. The number of esters is 1. The minimum absolute atomic E-state index is 0.0125. The highest BCUT2D eigenvalue weighted by atomic mass is 16.5. The molecule has 0 saturated carbocycles. The summed E-state index contributed by atoms with van der Waals surface area (Å²) in [7, 11) is 0. The van der Waals surface area contributed by atoms with Gasteiger partial charge in [0.05, 0.1) is 19.7 Å². The van der Waals surface area contributed by atoms with Crippen LogP contribution in [0.25, 0.3) is 0 Å². The molecule has 8 nitrogen and oxygen atoms in total. The first kappa shape index (κ1) is 25.2. The third-order valence-corrected chi connectivity index (χ3v) is 4.79. The Balaban J connectivity index is 2.10. The number of aliphatic carboxylic acids is 1. The van der Waals surface area contributed by atoms with E-state index in [9.17, 15) is 24.9 Å². The molecule has 0 saturated heterocycles. The zero-order valence-corrected chi connectivity index (χ0v) is 18.6. The number of hydrogen-bond acceptors (Lipinski definition) is 7. The highest BCUT2D eigenvalue weighted by molar-refractivity contribution is 5.71. The molecule has 0 unspecified atom stereocenters. The Morgan fingerprint density at radius 2 is 1.31 bits per heavy atom. The molecule has 0 radical (unpaired) electrons. The second-order valence-electron chi connectivity index (χ2n) is 8.15. The Bertz CT molecular complexity index is 886. The maximum absolute atomic E-state index is 12.3. The summed E-state index contributed by atoms with van der Waals surface area (Å²) >= 11 is 0. The average molecular weight is 445 g/mol. The normalized spacial score (nSPS) is 11.3. The lowest BCUT2D eigenvalue weighted by atomic mass is 10.1. The number of benzene rings is 2. The van der Waals surface area contributed by atoms with Gasteiger partial charge in [-0.1, -0.05) is 50.2 Å². The van der Waals surface area contributed by atoms with Crippen molar-refractivity contribution in [3.63, 3.8) is 0 Å². The average Bonchev–Trinajstić information content (AvgIpc) is 2.73. The predicted octanol–water partition coefficient (Wildman–Crippen LogP) is 2.69. The van der Waals surface area contributed by atoms with E-state index in [0.717, 1.165) is 0 Å². The molecule has 8 heteroatoms. The first-order chi connectivity index (χ1) is 15.2. The molecule has 3 N–H and O–H groups in total. The van der Waals surface area contributed by atoms with Crippen molar-refractivity contribution < 1.29 is 29.6 Å². The summed E-state index contributed by atoms with van der Waals surface area (Å²) in [4.78, 5) is 27.2. The van der Waals surface area contributed by atoms with Crippen LogP contribution in [0.15, 0.2) is 48.5 Å². The Morgan fingerprint density at radius 1 is 0.844 bits per heavy atom. The van der Waals surface area contributed by atoms with Crippen molar-refractivity contribution in [2.45, 2.75) is 26.9 Å². The van der Waals surface area contributed by atoms with Crippen molar-refractivity contribution in [3.05, 3.63) is 59.7 Å². The summed E-state index contributed by atoms with van der Waals surface area (Å²) in [6, 6.07) is 13.7. The molecule has 2 rings (SSSR count). The topological polar surface area (TPSA) is 111 Å². The first-order valence-corrected chi connectivity index (χ1v) is 10.6. The smallest absolute Gasteiger partial charge is 0.320 e. The van der Waals surface area contributed by atoms with Gasteiger partial charge < -0.3 is 20.1 Å². The minimum Gasteiger partial charge on any atom is -0.508 e. The molecule has 174 valence electrons. The van der Waals surface area contributed by atoms with E-state index in [0.29, 0.717) is 37.4 Å². The van der Waals surface area contributed by atoms with Crippen LogP contribution < -0.4 is 0 Å². The Labute approximate surface area is 188 Å². The highest BCUT2D eigenvalue weighted by Crippen LogP contribution is 2.19. The predicted molar refractivity (Wildman–Crippen MR) is 120 cm³/mol. The zero-order chi connectivity index (χ0) is 23.5. The van der Waals surface area contributed by atoms with Gasteiger partial charge in [-0.3, -0.25) is 19.4 Å². The molecule has 0 heterocycles. The number of aromatic hydroxyl groups is 2. The number of phenols is 2. The largest absolute Gasteiger partial charge is 0.508 e. The van der Waals surface area contributed by atoms with E-state index in [1.165, 1.54) is 0 Å². The lowest BCUT2D eigenvalue weighted by Crippen LogP contribution is -2.39. The van der Waals surface area contributed by atoms with Crippen molar-refractivity contribution >= 4 is 11.9 Å². The van der Waals surface area contributed by atoms with E-state index >= 15 is 0 Å². The molecule has 0 fully saturated rings. The summed E-state index contributed by atoms with van der Waals surface area (Å²) in [6.07, 6.45) is 0. The second kappa shape index (κ2) is 12.7. The molecule has 0 aromatic heterocycles. The molecule has 0 spiro atoms. The molecule has 0 aliphatic rings. The van der Waals surface area contributed by atoms with Gasteiger partial charge in [0.25, 0.3) is 0 Å². The van der Waals surface area contributed by atoms with Gasteiger partial charge in [0.1, 0.15) is 11.5 Å². The van der Waals surface area contributed by atoms with Crippen LogP contribution in [0.5, 0.6) is 11.5 Å². The lowest BCUT2D eigenvalue weighted by Gasteiger charge is -2.27. The maximum atomic E-state index is 12.3. The van der Waals surface area contributed by atoms with E-state index < -0.39 is 5.97 Å². The molecule has 0 amide bonds.